The Hall–Kier alpha value is -1.55. The minimum atomic E-state index is -0.782. The molecule has 0 aromatic heterocycles. The second-order valence-electron chi connectivity index (χ2n) is 3.86. The summed E-state index contributed by atoms with van der Waals surface area (Å²) in [5, 5.41) is 11.8. The predicted octanol–water partition coefficient (Wildman–Crippen LogP) is 1.69. The van der Waals surface area contributed by atoms with Gasteiger partial charge in [-0.05, 0) is 38.1 Å². The average molecular weight is 237 g/mol. The van der Waals surface area contributed by atoms with E-state index in [1.807, 2.05) is 31.2 Å². The Morgan fingerprint density at radius 2 is 2.06 bits per heavy atom. The van der Waals surface area contributed by atoms with Crippen molar-refractivity contribution in [2.45, 2.75) is 25.8 Å². The summed E-state index contributed by atoms with van der Waals surface area (Å²) in [4.78, 5) is 10.6. The topological polar surface area (TPSA) is 58.6 Å². The second kappa shape index (κ2) is 6.91. The quantitative estimate of drug-likeness (QED) is 0.757. The Morgan fingerprint density at radius 1 is 1.41 bits per heavy atom. The van der Waals surface area contributed by atoms with Crippen molar-refractivity contribution in [3.8, 4) is 5.75 Å². The number of likely N-dealkylation sites (N-methyl/N-ethyl adjacent to an activating group) is 1. The van der Waals surface area contributed by atoms with Crippen LogP contribution < -0.4 is 10.1 Å². The highest BCUT2D eigenvalue weighted by Gasteiger charge is 2.11. The Labute approximate surface area is 102 Å². The third-order valence-electron chi connectivity index (χ3n) is 2.55. The third kappa shape index (κ3) is 4.87. The molecule has 1 atom stereocenters. The van der Waals surface area contributed by atoms with Crippen LogP contribution in [0.3, 0.4) is 0 Å². The molecule has 17 heavy (non-hydrogen) atoms. The molecule has 94 valence electrons. The minimum absolute atomic E-state index is 0.0366. The van der Waals surface area contributed by atoms with Crippen molar-refractivity contribution in [3.05, 3.63) is 29.8 Å². The highest BCUT2D eigenvalue weighted by molar-refractivity contribution is 5.67. The summed E-state index contributed by atoms with van der Waals surface area (Å²) in [6, 6.07) is 7.72. The molecule has 0 aliphatic carbocycles. The van der Waals surface area contributed by atoms with Gasteiger partial charge in [0, 0.05) is 6.04 Å². The van der Waals surface area contributed by atoms with Crippen molar-refractivity contribution in [3.63, 3.8) is 0 Å². The van der Waals surface area contributed by atoms with Crippen LogP contribution >= 0.6 is 0 Å². The fourth-order valence-electron chi connectivity index (χ4n) is 1.66. The first-order valence-electron chi connectivity index (χ1n) is 5.76. The van der Waals surface area contributed by atoms with Crippen molar-refractivity contribution < 1.29 is 14.6 Å². The molecule has 1 aromatic carbocycles. The normalized spacial score (nSPS) is 12.1. The summed E-state index contributed by atoms with van der Waals surface area (Å²) < 4.78 is 5.35. The van der Waals surface area contributed by atoms with Gasteiger partial charge in [-0.25, -0.2) is 0 Å². The first-order valence-corrected chi connectivity index (χ1v) is 5.76. The van der Waals surface area contributed by atoms with Crippen LogP contribution in [0, 0.1) is 0 Å². The zero-order chi connectivity index (χ0) is 12.7. The number of carboxylic acid groups (broad SMARTS) is 1. The summed E-state index contributed by atoms with van der Waals surface area (Å²) in [6.07, 6.45) is 0.832. The molecular weight excluding hydrogens is 218 g/mol. The van der Waals surface area contributed by atoms with Gasteiger partial charge in [0.25, 0.3) is 0 Å². The summed E-state index contributed by atoms with van der Waals surface area (Å²) in [7, 11) is 1.78. The Balaban J connectivity index is 2.57. The number of hydrogen-bond acceptors (Lipinski definition) is 3. The van der Waals surface area contributed by atoms with E-state index >= 15 is 0 Å². The molecule has 4 heteroatoms. The molecule has 1 aromatic rings. The fourth-order valence-corrected chi connectivity index (χ4v) is 1.66. The lowest BCUT2D eigenvalue weighted by Crippen LogP contribution is -2.30. The van der Waals surface area contributed by atoms with Crippen LogP contribution in [0.15, 0.2) is 24.3 Å². The van der Waals surface area contributed by atoms with Crippen LogP contribution in [0.5, 0.6) is 5.75 Å². The van der Waals surface area contributed by atoms with Gasteiger partial charge in [-0.2, -0.15) is 0 Å². The van der Waals surface area contributed by atoms with E-state index in [0.29, 0.717) is 13.0 Å². The Kier molecular flexibility index (Phi) is 5.49. The van der Waals surface area contributed by atoms with Crippen LogP contribution in [-0.4, -0.2) is 30.8 Å². The maximum absolute atomic E-state index is 10.6. The monoisotopic (exact) mass is 237 g/mol. The van der Waals surface area contributed by atoms with Crippen LogP contribution in [0.1, 0.15) is 18.9 Å². The summed E-state index contributed by atoms with van der Waals surface area (Å²) in [6.45, 7) is 2.59. The first kappa shape index (κ1) is 13.5. The molecule has 4 nitrogen and oxygen atoms in total. The zero-order valence-electron chi connectivity index (χ0n) is 10.3. The average Bonchev–Trinajstić information content (AvgIpc) is 2.30. The smallest absolute Gasteiger partial charge is 0.304 e. The van der Waals surface area contributed by atoms with Crippen LogP contribution in [0.2, 0.25) is 0 Å². The van der Waals surface area contributed by atoms with Crippen molar-refractivity contribution >= 4 is 5.97 Å². The maximum Gasteiger partial charge on any atom is 0.304 e. The first-order chi connectivity index (χ1) is 8.15. The molecule has 0 saturated heterocycles. The SMILES string of the molecule is CCOc1ccc(CC(CC(=O)O)NC)cc1. The molecular formula is C13H19NO3. The van der Waals surface area contributed by atoms with Gasteiger partial charge in [-0.15, -0.1) is 0 Å². The van der Waals surface area contributed by atoms with Gasteiger partial charge < -0.3 is 15.2 Å². The lowest BCUT2D eigenvalue weighted by Gasteiger charge is -2.14. The van der Waals surface area contributed by atoms with Crippen LogP contribution in [-0.2, 0) is 11.2 Å². The summed E-state index contributed by atoms with van der Waals surface area (Å²) in [5.74, 6) is 0.0609. The summed E-state index contributed by atoms with van der Waals surface area (Å²) >= 11 is 0. The number of rotatable bonds is 7. The van der Waals surface area contributed by atoms with Crippen LogP contribution in [0.4, 0.5) is 0 Å². The molecule has 0 fully saturated rings. The van der Waals surface area contributed by atoms with Crippen LogP contribution in [0.25, 0.3) is 0 Å². The predicted molar refractivity (Wildman–Crippen MR) is 66.4 cm³/mol. The molecule has 0 aliphatic rings. The molecule has 0 spiro atoms. The molecule has 0 heterocycles. The van der Waals surface area contributed by atoms with E-state index in [2.05, 4.69) is 5.32 Å². The lowest BCUT2D eigenvalue weighted by molar-refractivity contribution is -0.137. The van der Waals surface area contributed by atoms with Crippen molar-refractivity contribution in [1.82, 2.24) is 5.32 Å². The van der Waals surface area contributed by atoms with E-state index < -0.39 is 5.97 Å². The minimum Gasteiger partial charge on any atom is -0.494 e. The zero-order valence-corrected chi connectivity index (χ0v) is 10.3. The Morgan fingerprint density at radius 3 is 2.53 bits per heavy atom. The van der Waals surface area contributed by atoms with Gasteiger partial charge in [0.15, 0.2) is 0 Å². The van der Waals surface area contributed by atoms with Gasteiger partial charge >= 0.3 is 5.97 Å². The van der Waals surface area contributed by atoms with E-state index in [4.69, 9.17) is 9.84 Å². The highest BCUT2D eigenvalue weighted by Crippen LogP contribution is 2.14. The molecule has 2 N–H and O–H groups in total. The fraction of sp³-hybridized carbons (Fsp3) is 0.462. The molecule has 0 radical (unpaired) electrons. The molecule has 0 aliphatic heterocycles. The number of carbonyl (C=O) groups is 1. The standard InChI is InChI=1S/C13H19NO3/c1-3-17-12-6-4-10(5-7-12)8-11(14-2)9-13(15)16/h4-7,11,14H,3,8-9H2,1-2H3,(H,15,16). The van der Waals surface area contributed by atoms with Gasteiger partial charge in [-0.1, -0.05) is 12.1 Å². The third-order valence-corrected chi connectivity index (χ3v) is 2.55. The van der Waals surface area contributed by atoms with Gasteiger partial charge in [0.05, 0.1) is 13.0 Å². The number of nitrogens with one attached hydrogen (secondary N) is 1. The number of ether oxygens (including phenoxy) is 1. The van der Waals surface area contributed by atoms with Gasteiger partial charge in [-0.3, -0.25) is 4.79 Å². The molecule has 0 amide bonds. The maximum atomic E-state index is 10.6. The van der Waals surface area contributed by atoms with Gasteiger partial charge in [0.1, 0.15) is 5.75 Å². The molecule has 0 bridgehead atoms. The van der Waals surface area contributed by atoms with Crippen molar-refractivity contribution in [1.29, 1.82) is 0 Å². The second-order valence-corrected chi connectivity index (χ2v) is 3.86. The van der Waals surface area contributed by atoms with Gasteiger partial charge in [0.2, 0.25) is 0 Å². The molecule has 1 unspecified atom stereocenters. The largest absolute Gasteiger partial charge is 0.494 e. The van der Waals surface area contributed by atoms with E-state index in [9.17, 15) is 4.79 Å². The van der Waals surface area contributed by atoms with E-state index in [1.54, 1.807) is 7.05 Å². The van der Waals surface area contributed by atoms with E-state index in [1.165, 1.54) is 0 Å². The highest BCUT2D eigenvalue weighted by atomic mass is 16.5. The molecule has 1 rings (SSSR count). The van der Waals surface area contributed by atoms with Crippen molar-refractivity contribution in [2.24, 2.45) is 0 Å². The van der Waals surface area contributed by atoms with E-state index in [-0.39, 0.29) is 12.5 Å². The Bertz CT molecular complexity index is 348. The van der Waals surface area contributed by atoms with Crippen molar-refractivity contribution in [2.75, 3.05) is 13.7 Å². The number of aliphatic carboxylic acids is 1. The molecule has 0 saturated carbocycles. The number of benzene rings is 1. The number of hydrogen-bond donors (Lipinski definition) is 2. The number of carboxylic acids is 1. The summed E-state index contributed by atoms with van der Waals surface area (Å²) in [5.41, 5.74) is 1.11. The van der Waals surface area contributed by atoms with E-state index in [0.717, 1.165) is 11.3 Å². The lowest BCUT2D eigenvalue weighted by atomic mass is 10.0.